The van der Waals surface area contributed by atoms with Crippen molar-refractivity contribution >= 4 is 17.1 Å². The molecule has 0 fully saturated rings. The Morgan fingerprint density at radius 1 is 1.50 bits per heavy atom. The fourth-order valence-corrected chi connectivity index (χ4v) is 2.03. The lowest BCUT2D eigenvalue weighted by atomic mass is 10.1. The largest absolute Gasteiger partial charge is 0.459 e. The molecule has 2 aromatic rings. The molecule has 18 heavy (non-hydrogen) atoms. The molecule has 0 bridgehead atoms. The van der Waals surface area contributed by atoms with E-state index in [1.165, 1.54) is 0 Å². The average molecular weight is 248 g/mol. The van der Waals surface area contributed by atoms with Gasteiger partial charge in [0.05, 0.1) is 6.54 Å². The van der Waals surface area contributed by atoms with Gasteiger partial charge in [-0.2, -0.15) is 0 Å². The summed E-state index contributed by atoms with van der Waals surface area (Å²) in [6.45, 7) is 2.81. The number of carbonyl (C=O) groups excluding carboxylic acids is 1. The van der Waals surface area contributed by atoms with Crippen molar-refractivity contribution < 1.29 is 13.9 Å². The number of hydrogen-bond donors (Lipinski definition) is 2. The Bertz CT molecular complexity index is 575. The first-order chi connectivity index (χ1) is 8.63. The maximum atomic E-state index is 10.7. The van der Waals surface area contributed by atoms with E-state index in [9.17, 15) is 4.79 Å². The van der Waals surface area contributed by atoms with E-state index in [0.29, 0.717) is 6.54 Å². The summed E-state index contributed by atoms with van der Waals surface area (Å²) in [6, 6.07) is 5.67. The lowest BCUT2D eigenvalue weighted by molar-refractivity contribution is 0.150. The summed E-state index contributed by atoms with van der Waals surface area (Å²) in [5.41, 5.74) is 7.73. The molecule has 0 spiro atoms. The topological polar surface area (TPSA) is 77.5 Å². The van der Waals surface area contributed by atoms with Gasteiger partial charge in [0.15, 0.2) is 0 Å². The number of rotatable bonds is 4. The average Bonchev–Trinajstić information content (AvgIpc) is 2.65. The minimum absolute atomic E-state index is 0.159. The lowest BCUT2D eigenvalue weighted by Gasteiger charge is -2.03. The molecule has 0 unspecified atom stereocenters. The molecule has 2 rings (SSSR count). The van der Waals surface area contributed by atoms with E-state index in [4.69, 9.17) is 14.9 Å². The molecular weight excluding hydrogens is 232 g/mol. The van der Waals surface area contributed by atoms with Gasteiger partial charge < -0.3 is 20.2 Å². The first kappa shape index (κ1) is 12.4. The minimum Gasteiger partial charge on any atom is -0.459 e. The highest BCUT2D eigenvalue weighted by Crippen LogP contribution is 2.28. The van der Waals surface area contributed by atoms with Crippen molar-refractivity contribution in [2.75, 3.05) is 7.05 Å². The van der Waals surface area contributed by atoms with Crippen LogP contribution in [-0.2, 0) is 17.9 Å². The molecule has 0 aliphatic heterocycles. The number of aryl methyl sites for hydroxylation is 1. The number of nitrogens with two attached hydrogens (primary N) is 1. The maximum absolute atomic E-state index is 10.7. The van der Waals surface area contributed by atoms with Crippen LogP contribution in [0.4, 0.5) is 4.79 Å². The molecule has 0 aliphatic carbocycles. The summed E-state index contributed by atoms with van der Waals surface area (Å²) < 4.78 is 10.6. The third kappa shape index (κ3) is 2.31. The fraction of sp³-hybridized carbons (Fsp3) is 0.308. The summed E-state index contributed by atoms with van der Waals surface area (Å²) in [7, 11) is 1.86. The monoisotopic (exact) mass is 248 g/mol. The second kappa shape index (κ2) is 5.10. The number of furan rings is 1. The van der Waals surface area contributed by atoms with Crippen LogP contribution in [0.15, 0.2) is 22.6 Å². The van der Waals surface area contributed by atoms with Crippen molar-refractivity contribution in [1.82, 2.24) is 5.32 Å². The number of carbonyl (C=O) groups is 1. The molecule has 1 amide bonds. The van der Waals surface area contributed by atoms with Crippen LogP contribution in [0.5, 0.6) is 0 Å². The van der Waals surface area contributed by atoms with Crippen molar-refractivity contribution in [3.05, 3.63) is 35.1 Å². The third-order valence-electron chi connectivity index (χ3n) is 2.85. The number of fused-ring (bicyclic) bond motifs is 1. The number of nitrogens with one attached hydrogen (secondary N) is 1. The Morgan fingerprint density at radius 2 is 2.28 bits per heavy atom. The Kier molecular flexibility index (Phi) is 3.53. The second-order valence-electron chi connectivity index (χ2n) is 4.08. The molecule has 0 aliphatic rings. The van der Waals surface area contributed by atoms with Gasteiger partial charge in [-0.25, -0.2) is 4.79 Å². The van der Waals surface area contributed by atoms with Crippen LogP contribution in [0.3, 0.4) is 0 Å². The molecule has 5 heteroatoms. The molecule has 1 aromatic heterocycles. The number of amides is 1. The highest BCUT2D eigenvalue weighted by Gasteiger charge is 2.13. The number of hydrogen-bond acceptors (Lipinski definition) is 4. The van der Waals surface area contributed by atoms with E-state index in [-0.39, 0.29) is 6.61 Å². The number of benzene rings is 1. The van der Waals surface area contributed by atoms with E-state index >= 15 is 0 Å². The quantitative estimate of drug-likeness (QED) is 0.868. The van der Waals surface area contributed by atoms with E-state index in [1.807, 2.05) is 32.2 Å². The van der Waals surface area contributed by atoms with Crippen LogP contribution in [0.25, 0.3) is 11.0 Å². The van der Waals surface area contributed by atoms with Crippen molar-refractivity contribution in [2.45, 2.75) is 20.1 Å². The maximum Gasteiger partial charge on any atom is 0.404 e. The van der Waals surface area contributed by atoms with Gasteiger partial charge in [-0.15, -0.1) is 0 Å². The SMILES string of the molecule is CNCc1oc2cccc(COC(N)=O)c2c1C. The van der Waals surface area contributed by atoms with Gasteiger partial charge in [-0.3, -0.25) is 0 Å². The van der Waals surface area contributed by atoms with Crippen molar-refractivity contribution in [2.24, 2.45) is 5.73 Å². The third-order valence-corrected chi connectivity index (χ3v) is 2.85. The normalized spacial score (nSPS) is 10.8. The Hall–Kier alpha value is -2.01. The van der Waals surface area contributed by atoms with Gasteiger partial charge in [0, 0.05) is 16.5 Å². The van der Waals surface area contributed by atoms with Gasteiger partial charge in [-0.1, -0.05) is 12.1 Å². The van der Waals surface area contributed by atoms with E-state index in [2.05, 4.69) is 5.32 Å². The minimum atomic E-state index is -0.774. The lowest BCUT2D eigenvalue weighted by Crippen LogP contribution is -2.12. The number of ether oxygens (including phenoxy) is 1. The predicted molar refractivity (Wildman–Crippen MR) is 68.1 cm³/mol. The Balaban J connectivity index is 2.44. The van der Waals surface area contributed by atoms with E-state index in [1.54, 1.807) is 0 Å². The van der Waals surface area contributed by atoms with Crippen LogP contribution in [0.2, 0.25) is 0 Å². The van der Waals surface area contributed by atoms with Crippen LogP contribution < -0.4 is 11.1 Å². The summed E-state index contributed by atoms with van der Waals surface area (Å²) in [5, 5.41) is 4.05. The Labute approximate surface area is 105 Å². The van der Waals surface area contributed by atoms with E-state index in [0.717, 1.165) is 27.9 Å². The molecule has 0 atom stereocenters. The summed E-state index contributed by atoms with van der Waals surface area (Å²) >= 11 is 0. The predicted octanol–water partition coefficient (Wildman–Crippen LogP) is 2.06. The molecule has 5 nitrogen and oxygen atoms in total. The first-order valence-corrected chi connectivity index (χ1v) is 5.70. The van der Waals surface area contributed by atoms with Gasteiger partial charge in [0.2, 0.25) is 0 Å². The smallest absolute Gasteiger partial charge is 0.404 e. The van der Waals surface area contributed by atoms with Crippen molar-refractivity contribution in [3.63, 3.8) is 0 Å². The molecule has 96 valence electrons. The standard InChI is InChI=1S/C13H16N2O3/c1-8-11(6-15-2)18-10-5-3-4-9(12(8)10)7-17-13(14)16/h3-5,15H,6-7H2,1-2H3,(H2,14,16). The van der Waals surface area contributed by atoms with Gasteiger partial charge >= 0.3 is 6.09 Å². The molecule has 1 heterocycles. The van der Waals surface area contributed by atoms with Crippen LogP contribution >= 0.6 is 0 Å². The highest BCUT2D eigenvalue weighted by atomic mass is 16.5. The molecule has 0 saturated carbocycles. The van der Waals surface area contributed by atoms with Crippen LogP contribution in [0, 0.1) is 6.92 Å². The molecule has 0 saturated heterocycles. The molecular formula is C13H16N2O3. The van der Waals surface area contributed by atoms with Crippen molar-refractivity contribution in [1.29, 1.82) is 0 Å². The highest BCUT2D eigenvalue weighted by molar-refractivity contribution is 5.85. The zero-order chi connectivity index (χ0) is 13.1. The zero-order valence-corrected chi connectivity index (χ0v) is 10.4. The van der Waals surface area contributed by atoms with Gasteiger partial charge in [0.25, 0.3) is 0 Å². The first-order valence-electron chi connectivity index (χ1n) is 5.70. The van der Waals surface area contributed by atoms with Crippen LogP contribution in [0.1, 0.15) is 16.9 Å². The second-order valence-corrected chi connectivity index (χ2v) is 4.08. The van der Waals surface area contributed by atoms with Crippen molar-refractivity contribution in [3.8, 4) is 0 Å². The zero-order valence-electron chi connectivity index (χ0n) is 10.4. The van der Waals surface area contributed by atoms with Gasteiger partial charge in [-0.05, 0) is 20.0 Å². The van der Waals surface area contributed by atoms with Crippen LogP contribution in [-0.4, -0.2) is 13.1 Å². The Morgan fingerprint density at radius 3 is 2.94 bits per heavy atom. The number of primary amides is 1. The fourth-order valence-electron chi connectivity index (χ4n) is 2.03. The summed E-state index contributed by atoms with van der Waals surface area (Å²) in [4.78, 5) is 10.7. The van der Waals surface area contributed by atoms with Gasteiger partial charge in [0.1, 0.15) is 18.0 Å². The summed E-state index contributed by atoms with van der Waals surface area (Å²) in [6.07, 6.45) is -0.774. The summed E-state index contributed by atoms with van der Waals surface area (Å²) in [5.74, 6) is 0.888. The molecule has 0 radical (unpaired) electrons. The van der Waals surface area contributed by atoms with E-state index < -0.39 is 6.09 Å². The molecule has 3 N–H and O–H groups in total. The molecule has 1 aromatic carbocycles.